The molecule has 0 N–H and O–H groups in total. The van der Waals surface area contributed by atoms with E-state index < -0.39 is 0 Å². The van der Waals surface area contributed by atoms with Gasteiger partial charge >= 0.3 is 0 Å². The lowest BCUT2D eigenvalue weighted by atomic mass is 10.0. The molecule has 2 heterocycles. The maximum atomic E-state index is 10.7. The summed E-state index contributed by atoms with van der Waals surface area (Å²) in [7, 11) is 0. The molecular weight excluding hydrogens is 164 g/mol. The molecule has 1 aromatic rings. The molecule has 3 heteroatoms. The predicted octanol–water partition coefficient (Wildman–Crippen LogP) is 1.59. The molecule has 1 unspecified atom stereocenters. The van der Waals surface area contributed by atoms with Gasteiger partial charge in [-0.05, 0) is 19.3 Å². The lowest BCUT2D eigenvalue weighted by Crippen LogP contribution is -2.18. The lowest BCUT2D eigenvalue weighted by Gasteiger charge is -2.21. The fourth-order valence-corrected chi connectivity index (χ4v) is 1.94. The number of imidazole rings is 1. The number of hydrogen-bond acceptors (Lipinski definition) is 2. The molecule has 1 aromatic heterocycles. The molecule has 0 amide bonds. The second-order valence-corrected chi connectivity index (χ2v) is 3.87. The van der Waals surface area contributed by atoms with Gasteiger partial charge in [0.2, 0.25) is 0 Å². The van der Waals surface area contributed by atoms with Gasteiger partial charge in [0, 0.05) is 18.7 Å². The largest absolute Gasteiger partial charge is 0.331 e. The highest BCUT2D eigenvalue weighted by molar-refractivity contribution is 5.73. The molecule has 0 aromatic carbocycles. The van der Waals surface area contributed by atoms with Crippen LogP contribution in [0.25, 0.3) is 0 Å². The monoisotopic (exact) mass is 178 g/mol. The zero-order valence-electron chi connectivity index (χ0n) is 8.08. The lowest BCUT2D eigenvalue weighted by molar-refractivity contribution is 0.111. The zero-order valence-corrected chi connectivity index (χ0v) is 8.08. The van der Waals surface area contributed by atoms with Gasteiger partial charge in [0.15, 0.2) is 6.29 Å². The number of fused-ring (bicyclic) bond motifs is 1. The normalized spacial score (nSPS) is 21.2. The Morgan fingerprint density at radius 3 is 3.08 bits per heavy atom. The van der Waals surface area contributed by atoms with E-state index in [0.29, 0.717) is 11.6 Å². The van der Waals surface area contributed by atoms with Crippen molar-refractivity contribution in [3.8, 4) is 0 Å². The van der Waals surface area contributed by atoms with Crippen molar-refractivity contribution < 1.29 is 4.79 Å². The second kappa shape index (κ2) is 2.98. The molecule has 2 rings (SSSR count). The maximum absolute atomic E-state index is 10.7. The molecule has 1 aliphatic heterocycles. The van der Waals surface area contributed by atoms with Crippen molar-refractivity contribution in [1.29, 1.82) is 0 Å². The minimum Gasteiger partial charge on any atom is -0.331 e. The summed E-state index contributed by atoms with van der Waals surface area (Å²) >= 11 is 0. The Kier molecular flexibility index (Phi) is 1.94. The van der Waals surface area contributed by atoms with Crippen LogP contribution in [0.3, 0.4) is 0 Å². The van der Waals surface area contributed by atoms with E-state index in [9.17, 15) is 4.79 Å². The van der Waals surface area contributed by atoms with Gasteiger partial charge in [0.25, 0.3) is 0 Å². The van der Waals surface area contributed by atoms with Crippen LogP contribution in [0.5, 0.6) is 0 Å². The smallest absolute Gasteiger partial charge is 0.170 e. The number of hydrogen-bond donors (Lipinski definition) is 0. The minimum absolute atomic E-state index is 0.615. The molecule has 0 fully saturated rings. The first-order chi connectivity index (χ1) is 6.22. The first kappa shape index (κ1) is 8.48. The summed E-state index contributed by atoms with van der Waals surface area (Å²) in [6.45, 7) is 5.23. The first-order valence-corrected chi connectivity index (χ1v) is 4.73. The average Bonchev–Trinajstić information content (AvgIpc) is 2.44. The van der Waals surface area contributed by atoms with E-state index in [0.717, 1.165) is 30.8 Å². The van der Waals surface area contributed by atoms with Crippen molar-refractivity contribution >= 4 is 6.29 Å². The van der Waals surface area contributed by atoms with Crippen LogP contribution >= 0.6 is 0 Å². The molecule has 0 aliphatic carbocycles. The molecule has 0 spiro atoms. The number of aryl methyl sites for hydroxylation is 1. The summed E-state index contributed by atoms with van der Waals surface area (Å²) in [6, 6.07) is 0. The van der Waals surface area contributed by atoms with Crippen LogP contribution in [0, 0.1) is 12.8 Å². The highest BCUT2D eigenvalue weighted by Gasteiger charge is 2.19. The summed E-state index contributed by atoms with van der Waals surface area (Å²) in [5.74, 6) is 1.79. The Hall–Kier alpha value is -1.12. The Morgan fingerprint density at radius 1 is 1.62 bits per heavy atom. The number of rotatable bonds is 1. The van der Waals surface area contributed by atoms with E-state index in [-0.39, 0.29) is 0 Å². The molecule has 1 aliphatic rings. The third-order valence-electron chi connectivity index (χ3n) is 2.80. The van der Waals surface area contributed by atoms with Crippen LogP contribution in [0.2, 0.25) is 0 Å². The molecule has 1 atom stereocenters. The fraction of sp³-hybridized carbons (Fsp3) is 0.600. The van der Waals surface area contributed by atoms with E-state index >= 15 is 0 Å². The van der Waals surface area contributed by atoms with Gasteiger partial charge in [-0.15, -0.1) is 0 Å². The van der Waals surface area contributed by atoms with E-state index in [4.69, 9.17) is 0 Å². The topological polar surface area (TPSA) is 34.9 Å². The third-order valence-corrected chi connectivity index (χ3v) is 2.80. The Morgan fingerprint density at radius 2 is 2.38 bits per heavy atom. The summed E-state index contributed by atoms with van der Waals surface area (Å²) in [6.07, 6.45) is 3.05. The quantitative estimate of drug-likeness (QED) is 0.612. The molecule has 0 bridgehead atoms. The molecular formula is C10H14N2O. The van der Waals surface area contributed by atoms with Crippen LogP contribution in [-0.4, -0.2) is 15.8 Å². The van der Waals surface area contributed by atoms with Crippen molar-refractivity contribution in [2.24, 2.45) is 5.92 Å². The van der Waals surface area contributed by atoms with Gasteiger partial charge in [-0.25, -0.2) is 4.98 Å². The van der Waals surface area contributed by atoms with E-state index in [2.05, 4.69) is 16.5 Å². The van der Waals surface area contributed by atoms with Crippen LogP contribution in [-0.2, 0) is 13.0 Å². The number of aldehydes is 1. The first-order valence-electron chi connectivity index (χ1n) is 4.73. The Labute approximate surface area is 77.8 Å². The van der Waals surface area contributed by atoms with E-state index in [1.54, 1.807) is 0 Å². The molecule has 70 valence electrons. The van der Waals surface area contributed by atoms with E-state index in [1.807, 2.05) is 6.92 Å². The zero-order chi connectivity index (χ0) is 9.42. The highest BCUT2D eigenvalue weighted by atomic mass is 16.1. The van der Waals surface area contributed by atoms with Crippen molar-refractivity contribution in [2.75, 3.05) is 0 Å². The van der Waals surface area contributed by atoms with E-state index in [1.165, 1.54) is 6.42 Å². The Balaban J connectivity index is 2.45. The fourth-order valence-electron chi connectivity index (χ4n) is 1.94. The van der Waals surface area contributed by atoms with Crippen molar-refractivity contribution in [3.63, 3.8) is 0 Å². The summed E-state index contributed by atoms with van der Waals surface area (Å²) in [5, 5.41) is 0. The van der Waals surface area contributed by atoms with Crippen LogP contribution in [0.4, 0.5) is 0 Å². The highest BCUT2D eigenvalue weighted by Crippen LogP contribution is 2.21. The van der Waals surface area contributed by atoms with Crippen molar-refractivity contribution in [2.45, 2.75) is 33.2 Å². The van der Waals surface area contributed by atoms with Gasteiger partial charge in [-0.1, -0.05) is 6.92 Å². The van der Waals surface area contributed by atoms with Gasteiger partial charge in [-0.2, -0.15) is 0 Å². The van der Waals surface area contributed by atoms with Gasteiger partial charge in [0.05, 0.1) is 0 Å². The summed E-state index contributed by atoms with van der Waals surface area (Å²) in [5.41, 5.74) is 1.64. The van der Waals surface area contributed by atoms with Gasteiger partial charge in [0.1, 0.15) is 11.5 Å². The molecule has 3 nitrogen and oxygen atoms in total. The number of carbonyl (C=O) groups is 1. The summed E-state index contributed by atoms with van der Waals surface area (Å²) in [4.78, 5) is 14.9. The SMILES string of the molecule is Cc1c(C=O)nc2n1CC(C)CC2. The molecule has 13 heavy (non-hydrogen) atoms. The maximum Gasteiger partial charge on any atom is 0.170 e. The van der Waals surface area contributed by atoms with Crippen LogP contribution in [0.1, 0.15) is 35.4 Å². The number of aromatic nitrogens is 2. The van der Waals surface area contributed by atoms with Crippen LogP contribution in [0.15, 0.2) is 0 Å². The number of nitrogens with zero attached hydrogens (tertiary/aromatic N) is 2. The summed E-state index contributed by atoms with van der Waals surface area (Å²) < 4.78 is 2.18. The van der Waals surface area contributed by atoms with Gasteiger partial charge in [-0.3, -0.25) is 4.79 Å². The van der Waals surface area contributed by atoms with Crippen molar-refractivity contribution in [1.82, 2.24) is 9.55 Å². The molecule has 0 radical (unpaired) electrons. The Bertz CT molecular complexity index is 341. The van der Waals surface area contributed by atoms with Crippen LogP contribution < -0.4 is 0 Å². The average molecular weight is 178 g/mol. The molecule has 0 saturated carbocycles. The number of carbonyl (C=O) groups excluding carboxylic acids is 1. The third kappa shape index (κ3) is 1.28. The van der Waals surface area contributed by atoms with Crippen molar-refractivity contribution in [3.05, 3.63) is 17.2 Å². The van der Waals surface area contributed by atoms with Gasteiger partial charge < -0.3 is 4.57 Å². The standard InChI is InChI=1S/C10H14N2O/c1-7-3-4-10-11-9(6-13)8(2)12(10)5-7/h6-7H,3-5H2,1-2H3. The predicted molar refractivity (Wildman–Crippen MR) is 49.8 cm³/mol. The minimum atomic E-state index is 0.615. The second-order valence-electron chi connectivity index (χ2n) is 3.87. The molecule has 0 saturated heterocycles.